The van der Waals surface area contributed by atoms with E-state index in [-0.39, 0.29) is 0 Å². The van der Waals surface area contributed by atoms with Crippen molar-refractivity contribution in [2.24, 2.45) is 0 Å². The number of rotatable bonds is 2. The molecule has 0 saturated carbocycles. The minimum atomic E-state index is -0.530. The van der Waals surface area contributed by atoms with Crippen LogP contribution in [0.5, 0.6) is 0 Å². The maximum atomic E-state index is 11.0. The number of benzene rings is 1. The first-order valence-corrected chi connectivity index (χ1v) is 4.46. The summed E-state index contributed by atoms with van der Waals surface area (Å²) in [6.45, 7) is 0. The Morgan fingerprint density at radius 2 is 2.13 bits per heavy atom. The van der Waals surface area contributed by atoms with Crippen LogP contribution in [0.15, 0.2) is 18.2 Å². The van der Waals surface area contributed by atoms with Gasteiger partial charge in [-0.25, -0.2) is 4.79 Å². The number of amides is 1. The molecule has 0 fully saturated rings. The predicted octanol–water partition coefficient (Wildman–Crippen LogP) is 1.51. The molecule has 0 aliphatic rings. The molecule has 0 aliphatic carbocycles. The Morgan fingerprint density at radius 1 is 1.47 bits per heavy atom. The maximum absolute atomic E-state index is 11.0. The van der Waals surface area contributed by atoms with Crippen molar-refractivity contribution in [3.05, 3.63) is 18.2 Å². The summed E-state index contributed by atoms with van der Waals surface area (Å²) in [5.41, 5.74) is 7.71. The molecule has 0 aliphatic heterocycles. The van der Waals surface area contributed by atoms with E-state index in [1.807, 2.05) is 25.1 Å². The number of anilines is 3. The van der Waals surface area contributed by atoms with Crippen molar-refractivity contribution in [1.29, 1.82) is 0 Å². The van der Waals surface area contributed by atoms with Crippen molar-refractivity contribution in [3.8, 4) is 0 Å². The minimum absolute atomic E-state index is 0.506. The standard InChI is InChI=1S/C10H15N3O2/c1-13(2)7-4-5-8(11)9(6-7)12-10(14)15-3/h4-6H,11H2,1-3H3,(H,12,14). The molecule has 82 valence electrons. The first kappa shape index (κ1) is 11.2. The molecule has 15 heavy (non-hydrogen) atoms. The lowest BCUT2D eigenvalue weighted by atomic mass is 10.2. The van der Waals surface area contributed by atoms with Crippen molar-refractivity contribution in [3.63, 3.8) is 0 Å². The number of nitrogens with one attached hydrogen (secondary N) is 1. The molecule has 1 amide bonds. The second-order valence-corrected chi connectivity index (χ2v) is 3.28. The number of hydrogen-bond acceptors (Lipinski definition) is 4. The zero-order valence-electron chi connectivity index (χ0n) is 9.07. The number of nitrogens with two attached hydrogens (primary N) is 1. The largest absolute Gasteiger partial charge is 0.453 e. The Balaban J connectivity index is 2.95. The Bertz CT molecular complexity index is 364. The van der Waals surface area contributed by atoms with Crippen molar-refractivity contribution >= 4 is 23.2 Å². The van der Waals surface area contributed by atoms with Crippen molar-refractivity contribution < 1.29 is 9.53 Å². The molecule has 0 bridgehead atoms. The molecule has 1 aromatic carbocycles. The number of methoxy groups -OCH3 is 1. The minimum Gasteiger partial charge on any atom is -0.453 e. The normalized spacial score (nSPS) is 9.53. The van der Waals surface area contributed by atoms with Crippen molar-refractivity contribution in [2.75, 3.05) is 37.2 Å². The summed E-state index contributed by atoms with van der Waals surface area (Å²) >= 11 is 0. The van der Waals surface area contributed by atoms with Gasteiger partial charge in [0.2, 0.25) is 0 Å². The van der Waals surface area contributed by atoms with Crippen LogP contribution >= 0.6 is 0 Å². The zero-order valence-corrected chi connectivity index (χ0v) is 9.07. The van der Waals surface area contributed by atoms with E-state index in [2.05, 4.69) is 10.1 Å². The third-order valence-electron chi connectivity index (χ3n) is 1.98. The lowest BCUT2D eigenvalue weighted by molar-refractivity contribution is 0.187. The monoisotopic (exact) mass is 209 g/mol. The third-order valence-corrected chi connectivity index (χ3v) is 1.98. The molecule has 0 spiro atoms. The number of nitrogens with zero attached hydrogens (tertiary/aromatic N) is 1. The predicted molar refractivity (Wildman–Crippen MR) is 61.2 cm³/mol. The van der Waals surface area contributed by atoms with Gasteiger partial charge in [0, 0.05) is 19.8 Å². The number of nitrogen functional groups attached to an aromatic ring is 1. The van der Waals surface area contributed by atoms with Crippen LogP contribution in [0.4, 0.5) is 21.9 Å². The second kappa shape index (κ2) is 4.54. The average molecular weight is 209 g/mol. The van der Waals surface area contributed by atoms with Gasteiger partial charge in [-0.1, -0.05) is 0 Å². The van der Waals surface area contributed by atoms with Gasteiger partial charge in [0.05, 0.1) is 18.5 Å². The first-order chi connectivity index (χ1) is 7.04. The van der Waals surface area contributed by atoms with Crippen molar-refractivity contribution in [1.82, 2.24) is 0 Å². The van der Waals surface area contributed by atoms with Crippen LogP contribution in [0.3, 0.4) is 0 Å². The molecule has 0 aromatic heterocycles. The smallest absolute Gasteiger partial charge is 0.411 e. The molecule has 3 N–H and O–H groups in total. The Kier molecular flexibility index (Phi) is 3.38. The van der Waals surface area contributed by atoms with E-state index in [9.17, 15) is 4.79 Å². The fourth-order valence-electron chi connectivity index (χ4n) is 1.09. The molecule has 0 saturated heterocycles. The van der Waals surface area contributed by atoms with E-state index in [0.29, 0.717) is 11.4 Å². The lowest BCUT2D eigenvalue weighted by Gasteiger charge is -2.15. The van der Waals surface area contributed by atoms with Gasteiger partial charge in [0.25, 0.3) is 0 Å². The highest BCUT2D eigenvalue weighted by Gasteiger charge is 2.06. The fourth-order valence-corrected chi connectivity index (χ4v) is 1.09. The highest BCUT2D eigenvalue weighted by molar-refractivity contribution is 5.90. The van der Waals surface area contributed by atoms with E-state index < -0.39 is 6.09 Å². The summed E-state index contributed by atoms with van der Waals surface area (Å²) in [6.07, 6.45) is -0.530. The summed E-state index contributed by atoms with van der Waals surface area (Å²) in [5.74, 6) is 0. The summed E-state index contributed by atoms with van der Waals surface area (Å²) in [7, 11) is 5.13. The SMILES string of the molecule is COC(=O)Nc1cc(N(C)C)ccc1N. The van der Waals surface area contributed by atoms with Crippen molar-refractivity contribution in [2.45, 2.75) is 0 Å². The molecule has 0 unspecified atom stereocenters. The van der Waals surface area contributed by atoms with Gasteiger partial charge in [-0.05, 0) is 18.2 Å². The molecule has 0 radical (unpaired) electrons. The van der Waals surface area contributed by atoms with Gasteiger partial charge in [0.1, 0.15) is 0 Å². The summed E-state index contributed by atoms with van der Waals surface area (Å²) in [6, 6.07) is 5.39. The third kappa shape index (κ3) is 2.77. The summed E-state index contributed by atoms with van der Waals surface area (Å²) < 4.78 is 4.49. The quantitative estimate of drug-likeness (QED) is 0.724. The van der Waals surface area contributed by atoms with Crippen LogP contribution < -0.4 is 16.0 Å². The average Bonchev–Trinajstić information content (AvgIpc) is 2.20. The second-order valence-electron chi connectivity index (χ2n) is 3.28. The first-order valence-electron chi connectivity index (χ1n) is 4.46. The Morgan fingerprint density at radius 3 is 2.67 bits per heavy atom. The summed E-state index contributed by atoms with van der Waals surface area (Å²) in [5, 5.41) is 2.54. The van der Waals surface area contributed by atoms with E-state index in [4.69, 9.17) is 5.73 Å². The molecule has 5 heteroatoms. The van der Waals surface area contributed by atoms with Crippen LogP contribution in [-0.2, 0) is 4.74 Å². The van der Waals surface area contributed by atoms with Gasteiger partial charge >= 0.3 is 6.09 Å². The fraction of sp³-hybridized carbons (Fsp3) is 0.300. The molecular weight excluding hydrogens is 194 g/mol. The van der Waals surface area contributed by atoms with Crippen LogP contribution in [0.25, 0.3) is 0 Å². The van der Waals surface area contributed by atoms with Crippen LogP contribution in [0, 0.1) is 0 Å². The molecule has 5 nitrogen and oxygen atoms in total. The molecule has 1 aromatic rings. The van der Waals surface area contributed by atoms with Crippen LogP contribution in [0.2, 0.25) is 0 Å². The number of carbonyl (C=O) groups is 1. The van der Waals surface area contributed by atoms with E-state index in [0.717, 1.165) is 5.69 Å². The van der Waals surface area contributed by atoms with E-state index >= 15 is 0 Å². The van der Waals surface area contributed by atoms with E-state index in [1.54, 1.807) is 12.1 Å². The lowest BCUT2D eigenvalue weighted by Crippen LogP contribution is -2.14. The van der Waals surface area contributed by atoms with Crippen LogP contribution in [-0.4, -0.2) is 27.3 Å². The molecular formula is C10H15N3O2. The zero-order chi connectivity index (χ0) is 11.4. The van der Waals surface area contributed by atoms with Gasteiger partial charge in [0.15, 0.2) is 0 Å². The summed E-state index contributed by atoms with van der Waals surface area (Å²) in [4.78, 5) is 12.9. The maximum Gasteiger partial charge on any atom is 0.411 e. The number of hydrogen-bond donors (Lipinski definition) is 2. The van der Waals surface area contributed by atoms with Gasteiger partial charge in [-0.3, -0.25) is 5.32 Å². The topological polar surface area (TPSA) is 67.6 Å². The van der Waals surface area contributed by atoms with Gasteiger partial charge in [-0.15, -0.1) is 0 Å². The Hall–Kier alpha value is -1.91. The Labute approximate surface area is 88.8 Å². The van der Waals surface area contributed by atoms with Gasteiger partial charge in [-0.2, -0.15) is 0 Å². The highest BCUT2D eigenvalue weighted by atomic mass is 16.5. The number of ether oxygens (including phenoxy) is 1. The molecule has 1 rings (SSSR count). The molecule has 0 atom stereocenters. The highest BCUT2D eigenvalue weighted by Crippen LogP contribution is 2.24. The van der Waals surface area contributed by atoms with Gasteiger partial charge < -0.3 is 15.4 Å². The number of carbonyl (C=O) groups excluding carboxylic acids is 1. The van der Waals surface area contributed by atoms with E-state index in [1.165, 1.54) is 7.11 Å². The van der Waals surface area contributed by atoms with Crippen LogP contribution in [0.1, 0.15) is 0 Å². The molecule has 0 heterocycles.